The van der Waals surface area contributed by atoms with Crippen LogP contribution in [-0.2, 0) is 4.79 Å². The second kappa shape index (κ2) is 6.26. The Bertz CT molecular complexity index is 448. The van der Waals surface area contributed by atoms with Gasteiger partial charge in [-0.2, -0.15) is 0 Å². The normalized spacial score (nSPS) is 15.9. The van der Waals surface area contributed by atoms with E-state index in [4.69, 9.17) is 16.3 Å². The SMILES string of the molecule is CN(CC(O)C1CC1)C(=O)COc1ccccc1Cl. The Hall–Kier alpha value is -1.26. The Labute approximate surface area is 117 Å². The predicted molar refractivity (Wildman–Crippen MR) is 73.3 cm³/mol. The molecule has 0 bridgehead atoms. The van der Waals surface area contributed by atoms with Crippen molar-refractivity contribution in [3.05, 3.63) is 29.3 Å². The van der Waals surface area contributed by atoms with E-state index >= 15 is 0 Å². The number of benzene rings is 1. The van der Waals surface area contributed by atoms with E-state index in [1.54, 1.807) is 31.3 Å². The summed E-state index contributed by atoms with van der Waals surface area (Å²) in [5.41, 5.74) is 0. The molecule has 0 spiro atoms. The molecule has 1 aliphatic rings. The van der Waals surface area contributed by atoms with Gasteiger partial charge in [0.1, 0.15) is 5.75 Å². The summed E-state index contributed by atoms with van der Waals surface area (Å²) in [7, 11) is 1.67. The summed E-state index contributed by atoms with van der Waals surface area (Å²) in [5.74, 6) is 0.688. The molecule has 1 fully saturated rings. The van der Waals surface area contributed by atoms with Gasteiger partial charge in [-0.05, 0) is 30.9 Å². The molecule has 2 rings (SSSR count). The van der Waals surface area contributed by atoms with Crippen molar-refractivity contribution in [3.8, 4) is 5.75 Å². The van der Waals surface area contributed by atoms with Crippen LogP contribution < -0.4 is 4.74 Å². The van der Waals surface area contributed by atoms with Crippen molar-refractivity contribution in [3.63, 3.8) is 0 Å². The minimum Gasteiger partial charge on any atom is -0.482 e. The molecule has 0 aromatic heterocycles. The highest BCUT2D eigenvalue weighted by atomic mass is 35.5. The Balaban J connectivity index is 1.78. The van der Waals surface area contributed by atoms with Crippen molar-refractivity contribution in [1.82, 2.24) is 4.90 Å². The van der Waals surface area contributed by atoms with Crippen LogP contribution in [0.15, 0.2) is 24.3 Å². The maximum Gasteiger partial charge on any atom is 0.260 e. The lowest BCUT2D eigenvalue weighted by atomic mass is 10.2. The Morgan fingerprint density at radius 3 is 2.84 bits per heavy atom. The molecule has 19 heavy (non-hydrogen) atoms. The van der Waals surface area contributed by atoms with E-state index in [9.17, 15) is 9.90 Å². The van der Waals surface area contributed by atoms with E-state index in [1.165, 1.54) is 4.90 Å². The fourth-order valence-electron chi connectivity index (χ4n) is 1.82. The fraction of sp³-hybridized carbons (Fsp3) is 0.500. The molecule has 1 atom stereocenters. The van der Waals surface area contributed by atoms with Gasteiger partial charge in [-0.1, -0.05) is 23.7 Å². The number of para-hydroxylation sites is 1. The van der Waals surface area contributed by atoms with Gasteiger partial charge in [0.2, 0.25) is 0 Å². The van der Waals surface area contributed by atoms with Gasteiger partial charge >= 0.3 is 0 Å². The average Bonchev–Trinajstić information content (AvgIpc) is 3.21. The van der Waals surface area contributed by atoms with E-state index in [0.717, 1.165) is 12.8 Å². The number of halogens is 1. The van der Waals surface area contributed by atoms with Crippen LogP contribution in [0.3, 0.4) is 0 Å². The molecule has 0 radical (unpaired) electrons. The van der Waals surface area contributed by atoms with Gasteiger partial charge in [0.05, 0.1) is 11.1 Å². The number of aliphatic hydroxyl groups is 1. The Kier molecular flexibility index (Phi) is 4.66. The summed E-state index contributed by atoms with van der Waals surface area (Å²) < 4.78 is 5.37. The zero-order chi connectivity index (χ0) is 13.8. The standard InChI is InChI=1S/C14H18ClNO3/c1-16(8-12(17)10-6-7-10)14(18)9-19-13-5-3-2-4-11(13)15/h2-5,10,12,17H,6-9H2,1H3. The zero-order valence-corrected chi connectivity index (χ0v) is 11.6. The molecule has 0 heterocycles. The van der Waals surface area contributed by atoms with Crippen molar-refractivity contribution in [2.24, 2.45) is 5.92 Å². The first-order chi connectivity index (χ1) is 9.08. The van der Waals surface area contributed by atoms with E-state index in [2.05, 4.69) is 0 Å². The maximum absolute atomic E-state index is 11.9. The van der Waals surface area contributed by atoms with Gasteiger partial charge in [-0.15, -0.1) is 0 Å². The van der Waals surface area contributed by atoms with Crippen LogP contribution in [0, 0.1) is 5.92 Å². The topological polar surface area (TPSA) is 49.8 Å². The van der Waals surface area contributed by atoms with Gasteiger partial charge in [-0.25, -0.2) is 0 Å². The first kappa shape index (κ1) is 14.2. The molecule has 1 unspecified atom stereocenters. The number of hydrogen-bond donors (Lipinski definition) is 1. The van der Waals surface area contributed by atoms with Gasteiger partial charge in [0.15, 0.2) is 6.61 Å². The molecular weight excluding hydrogens is 266 g/mol. The maximum atomic E-state index is 11.9. The summed E-state index contributed by atoms with van der Waals surface area (Å²) in [4.78, 5) is 13.4. The number of hydrogen-bond acceptors (Lipinski definition) is 3. The molecule has 0 aliphatic heterocycles. The van der Waals surface area contributed by atoms with Gasteiger partial charge in [0.25, 0.3) is 5.91 Å². The van der Waals surface area contributed by atoms with E-state index in [0.29, 0.717) is 23.2 Å². The molecule has 1 aromatic carbocycles. The lowest BCUT2D eigenvalue weighted by Gasteiger charge is -2.20. The number of rotatable bonds is 6. The highest BCUT2D eigenvalue weighted by Gasteiger charge is 2.31. The second-order valence-electron chi connectivity index (χ2n) is 4.90. The molecule has 104 valence electrons. The molecule has 4 nitrogen and oxygen atoms in total. The zero-order valence-electron chi connectivity index (χ0n) is 10.9. The largest absolute Gasteiger partial charge is 0.482 e. The van der Waals surface area contributed by atoms with Crippen molar-refractivity contribution in [2.75, 3.05) is 20.2 Å². The van der Waals surface area contributed by atoms with E-state index in [-0.39, 0.29) is 12.5 Å². The highest BCUT2D eigenvalue weighted by molar-refractivity contribution is 6.32. The lowest BCUT2D eigenvalue weighted by molar-refractivity contribution is -0.133. The van der Waals surface area contributed by atoms with Crippen LogP contribution >= 0.6 is 11.6 Å². The number of nitrogens with zero attached hydrogens (tertiary/aromatic N) is 1. The van der Waals surface area contributed by atoms with Gasteiger partial charge in [-0.3, -0.25) is 4.79 Å². The van der Waals surface area contributed by atoms with Crippen molar-refractivity contribution in [1.29, 1.82) is 0 Å². The number of ether oxygens (including phenoxy) is 1. The first-order valence-corrected chi connectivity index (χ1v) is 6.75. The van der Waals surface area contributed by atoms with Crippen LogP contribution in [0.5, 0.6) is 5.75 Å². The third-order valence-corrected chi connectivity index (χ3v) is 3.55. The molecule has 5 heteroatoms. The molecule has 1 aliphatic carbocycles. The summed E-state index contributed by atoms with van der Waals surface area (Å²) in [6.45, 7) is 0.285. The van der Waals surface area contributed by atoms with Crippen LogP contribution in [0.2, 0.25) is 5.02 Å². The van der Waals surface area contributed by atoms with Crippen LogP contribution in [0.25, 0.3) is 0 Å². The minimum absolute atomic E-state index is 0.0718. The summed E-state index contributed by atoms with van der Waals surface area (Å²) in [6.07, 6.45) is 1.69. The third kappa shape index (κ3) is 4.11. The quantitative estimate of drug-likeness (QED) is 0.868. The van der Waals surface area contributed by atoms with Crippen molar-refractivity contribution < 1.29 is 14.6 Å². The molecule has 0 saturated heterocycles. The van der Waals surface area contributed by atoms with Crippen LogP contribution in [-0.4, -0.2) is 42.2 Å². The number of aliphatic hydroxyl groups excluding tert-OH is 1. The van der Waals surface area contributed by atoms with Gasteiger partial charge < -0.3 is 14.7 Å². The Morgan fingerprint density at radius 2 is 2.21 bits per heavy atom. The number of carbonyl (C=O) groups excluding carboxylic acids is 1. The van der Waals surface area contributed by atoms with E-state index < -0.39 is 6.10 Å². The highest BCUT2D eigenvalue weighted by Crippen LogP contribution is 2.32. The third-order valence-electron chi connectivity index (χ3n) is 3.24. The van der Waals surface area contributed by atoms with Crippen molar-refractivity contribution >= 4 is 17.5 Å². The number of amides is 1. The summed E-state index contributed by atoms with van der Waals surface area (Å²) in [6, 6.07) is 7.03. The molecule has 1 saturated carbocycles. The monoisotopic (exact) mass is 283 g/mol. The molecular formula is C14H18ClNO3. The Morgan fingerprint density at radius 1 is 1.53 bits per heavy atom. The lowest BCUT2D eigenvalue weighted by Crippen LogP contribution is -2.37. The molecule has 1 amide bonds. The van der Waals surface area contributed by atoms with E-state index in [1.807, 2.05) is 0 Å². The minimum atomic E-state index is -0.422. The second-order valence-corrected chi connectivity index (χ2v) is 5.31. The molecule has 1 N–H and O–H groups in total. The smallest absolute Gasteiger partial charge is 0.260 e. The molecule has 1 aromatic rings. The number of carbonyl (C=O) groups is 1. The predicted octanol–water partition coefficient (Wildman–Crippen LogP) is 1.95. The van der Waals surface area contributed by atoms with Gasteiger partial charge in [0, 0.05) is 13.6 Å². The van der Waals surface area contributed by atoms with Crippen LogP contribution in [0.4, 0.5) is 0 Å². The first-order valence-electron chi connectivity index (χ1n) is 6.37. The van der Waals surface area contributed by atoms with Crippen molar-refractivity contribution in [2.45, 2.75) is 18.9 Å². The average molecular weight is 284 g/mol. The summed E-state index contributed by atoms with van der Waals surface area (Å²) in [5, 5.41) is 10.3. The van der Waals surface area contributed by atoms with Crippen LogP contribution in [0.1, 0.15) is 12.8 Å². The summed E-state index contributed by atoms with van der Waals surface area (Å²) >= 11 is 5.93. The fourth-order valence-corrected chi connectivity index (χ4v) is 2.01. The number of likely N-dealkylation sites (N-methyl/N-ethyl adjacent to an activating group) is 1.